The molecular formula is C29H56O5Ti. The second kappa shape index (κ2) is 40.1. The van der Waals surface area contributed by atoms with Crippen LogP contribution in [0.3, 0.4) is 0 Å². The van der Waals surface area contributed by atoms with Crippen LogP contribution in [0.25, 0.3) is 0 Å². The molecule has 0 aliphatic rings. The van der Waals surface area contributed by atoms with Crippen molar-refractivity contribution in [1.29, 1.82) is 0 Å². The molecule has 5 nitrogen and oxygen atoms in total. The number of rotatable bonds is 16. The Kier molecular flexibility index (Phi) is 50.4. The van der Waals surface area contributed by atoms with Gasteiger partial charge in [0.2, 0.25) is 0 Å². The van der Waals surface area contributed by atoms with Gasteiger partial charge in [0.1, 0.15) is 0 Å². The molecule has 0 radical (unpaired) electrons. The Balaban J connectivity index is -0.000000144. The summed E-state index contributed by atoms with van der Waals surface area (Å²) in [4.78, 5) is 19.2. The normalized spacial score (nSPS) is 9.09. The first-order valence-electron chi connectivity index (χ1n) is 13.0. The maximum absolute atomic E-state index is 9.60. The molecular weight excluding hydrogens is 476 g/mol. The standard InChI is InChI=1S/C18H37.2C4H6O2.C3H7.O.Ti/c1-4-5-6-7-8-9-10-11-12-13-14-15-16-17-18(2)3;2*1-3(2)4(5)6;1-3-2;;/h18H,1,4-17H2,2-3H3;2*1H2,2H3,(H,5,6);3H,1-2H3;;/q-1;;;-1;;+2. The van der Waals surface area contributed by atoms with Crippen molar-refractivity contribution in [1.82, 2.24) is 0 Å². The van der Waals surface area contributed by atoms with Crippen LogP contribution in [-0.4, -0.2) is 22.2 Å². The average Bonchev–Trinajstić information content (AvgIpc) is 2.79. The van der Waals surface area contributed by atoms with Crippen LogP contribution in [0.1, 0.15) is 131 Å². The summed E-state index contributed by atoms with van der Waals surface area (Å²) in [5.41, 5.74) is 0.352. The zero-order valence-corrected chi connectivity index (χ0v) is 25.4. The van der Waals surface area contributed by atoms with E-state index in [2.05, 4.69) is 33.9 Å². The molecule has 0 bridgehead atoms. The minimum absolute atomic E-state index is 0.176. The summed E-state index contributed by atoms with van der Waals surface area (Å²) in [6.07, 6.45) is 21.9. The summed E-state index contributed by atoms with van der Waals surface area (Å²) < 4.78 is 8.25. The van der Waals surface area contributed by atoms with Crippen LogP contribution in [-0.2, 0) is 33.3 Å². The minimum atomic E-state index is -0.935. The molecule has 0 atom stereocenters. The fourth-order valence-electron chi connectivity index (χ4n) is 2.50. The number of hydrogen-bond donors (Lipinski definition) is 2. The number of hydrogen-bond acceptors (Lipinski definition) is 3. The topological polar surface area (TPSA) is 91.7 Å². The van der Waals surface area contributed by atoms with Crippen molar-refractivity contribution in [2.45, 2.75) is 131 Å². The molecule has 0 aliphatic carbocycles. The Bertz CT molecular complexity index is 428. The molecule has 6 heteroatoms. The van der Waals surface area contributed by atoms with Crippen LogP contribution in [0.4, 0.5) is 0 Å². The zero-order valence-electron chi connectivity index (χ0n) is 23.8. The summed E-state index contributed by atoms with van der Waals surface area (Å²) in [6.45, 7) is 21.7. The first-order chi connectivity index (χ1) is 16.5. The van der Waals surface area contributed by atoms with Gasteiger partial charge in [-0.2, -0.15) is 20.3 Å². The van der Waals surface area contributed by atoms with Gasteiger partial charge in [-0.15, -0.1) is 0 Å². The molecule has 0 heterocycles. The molecule has 0 spiro atoms. The van der Waals surface area contributed by atoms with E-state index in [1.54, 1.807) is 0 Å². The van der Waals surface area contributed by atoms with Gasteiger partial charge < -0.3 is 23.6 Å². The molecule has 0 aromatic rings. The summed E-state index contributed by atoms with van der Waals surface area (Å²) in [6, 6.07) is 0. The molecule has 0 fully saturated rings. The Morgan fingerprint density at radius 3 is 1.09 bits per heavy atom. The van der Waals surface area contributed by atoms with Gasteiger partial charge >= 0.3 is 35.7 Å². The number of carboxylic acid groups (broad SMARTS) is 2. The van der Waals surface area contributed by atoms with E-state index < -0.39 is 11.9 Å². The molecule has 0 unspecified atom stereocenters. The van der Waals surface area contributed by atoms with Gasteiger partial charge in [0.25, 0.3) is 0 Å². The number of aliphatic carboxylic acids is 2. The summed E-state index contributed by atoms with van der Waals surface area (Å²) in [5, 5.41) is 15.8. The molecule has 206 valence electrons. The van der Waals surface area contributed by atoms with E-state index in [0.717, 1.165) is 32.7 Å². The van der Waals surface area contributed by atoms with Gasteiger partial charge in [0, 0.05) is 11.1 Å². The predicted molar refractivity (Wildman–Crippen MR) is 146 cm³/mol. The van der Waals surface area contributed by atoms with Crippen molar-refractivity contribution >= 4 is 11.9 Å². The van der Waals surface area contributed by atoms with E-state index in [-0.39, 0.29) is 11.1 Å². The third kappa shape index (κ3) is 65.5. The van der Waals surface area contributed by atoms with Crippen LogP contribution >= 0.6 is 0 Å². The quantitative estimate of drug-likeness (QED) is 0.0894. The SMILES string of the molecule is C=C(C)C(=O)O.C=C(C)C(=O)O.C[CH-]C.[CH2-]CCCCCCCCCCCCCCC(C)C.[O]=[Ti+2]. The van der Waals surface area contributed by atoms with Crippen molar-refractivity contribution in [3.63, 3.8) is 0 Å². The van der Waals surface area contributed by atoms with E-state index in [4.69, 9.17) is 13.5 Å². The average molecular weight is 533 g/mol. The van der Waals surface area contributed by atoms with E-state index in [9.17, 15) is 9.59 Å². The molecule has 35 heavy (non-hydrogen) atoms. The molecule has 0 aliphatic heterocycles. The Labute approximate surface area is 230 Å². The first-order valence-corrected chi connectivity index (χ1v) is 13.6. The summed E-state index contributed by atoms with van der Waals surface area (Å²) >= 11 is 0.750. The number of unbranched alkanes of at least 4 members (excludes halogenated alkanes) is 12. The number of carboxylic acids is 2. The molecule has 0 aromatic carbocycles. The number of carbonyl (C=O) groups is 2. The van der Waals surface area contributed by atoms with Gasteiger partial charge in [-0.3, -0.25) is 0 Å². The van der Waals surface area contributed by atoms with Crippen LogP contribution in [0.15, 0.2) is 24.3 Å². The van der Waals surface area contributed by atoms with E-state index in [1.807, 2.05) is 20.3 Å². The maximum atomic E-state index is 9.60. The molecule has 0 saturated carbocycles. The monoisotopic (exact) mass is 532 g/mol. The first kappa shape index (κ1) is 44.0. The molecule has 0 amide bonds. The molecule has 0 saturated heterocycles. The van der Waals surface area contributed by atoms with Crippen molar-refractivity contribution in [3.8, 4) is 0 Å². The van der Waals surface area contributed by atoms with Crippen LogP contribution in [0.5, 0.6) is 0 Å². The second-order valence-corrected chi connectivity index (χ2v) is 9.03. The fraction of sp³-hybridized carbons (Fsp3) is 0.724. The molecule has 0 aromatic heterocycles. The van der Waals surface area contributed by atoms with Gasteiger partial charge in [-0.05, 0) is 19.8 Å². The van der Waals surface area contributed by atoms with Crippen LogP contribution < -0.4 is 0 Å². The Hall–Kier alpha value is -1.07. The Morgan fingerprint density at radius 1 is 0.714 bits per heavy atom. The third-order valence-electron chi connectivity index (χ3n) is 4.51. The second-order valence-electron chi connectivity index (χ2n) is 9.03. The summed E-state index contributed by atoms with van der Waals surface area (Å²) in [7, 11) is 0. The van der Waals surface area contributed by atoms with Crippen molar-refractivity contribution in [2.24, 2.45) is 5.92 Å². The zero-order chi connectivity index (χ0) is 28.5. The molecule has 2 N–H and O–H groups in total. The van der Waals surface area contributed by atoms with Gasteiger partial charge in [0.15, 0.2) is 0 Å². The summed E-state index contributed by atoms with van der Waals surface area (Å²) in [5.74, 6) is -0.974. The molecule has 0 rings (SSSR count). The van der Waals surface area contributed by atoms with Crippen molar-refractivity contribution < 1.29 is 43.5 Å². The van der Waals surface area contributed by atoms with E-state index in [0.29, 0.717) is 0 Å². The van der Waals surface area contributed by atoms with Crippen molar-refractivity contribution in [3.05, 3.63) is 37.6 Å². The Morgan fingerprint density at radius 2 is 0.914 bits per heavy atom. The van der Waals surface area contributed by atoms with Gasteiger partial charge in [0.05, 0.1) is 0 Å². The third-order valence-corrected chi connectivity index (χ3v) is 4.51. The van der Waals surface area contributed by atoms with Gasteiger partial charge in [-0.1, -0.05) is 110 Å². The van der Waals surface area contributed by atoms with E-state index in [1.165, 1.54) is 97.3 Å². The predicted octanol–water partition coefficient (Wildman–Crippen LogP) is 9.34. The van der Waals surface area contributed by atoms with Crippen LogP contribution in [0, 0.1) is 19.3 Å². The fourth-order valence-corrected chi connectivity index (χ4v) is 2.50. The van der Waals surface area contributed by atoms with Gasteiger partial charge in [-0.25, -0.2) is 9.59 Å². The van der Waals surface area contributed by atoms with Crippen molar-refractivity contribution in [2.75, 3.05) is 0 Å². The van der Waals surface area contributed by atoms with E-state index >= 15 is 0 Å². The van der Waals surface area contributed by atoms with Crippen LogP contribution in [0.2, 0.25) is 0 Å².